The SMILES string of the molecule is CCCN(CC(C)(C)CN)C(=O)c1cc(Cl)ccc1Cl. The van der Waals surface area contributed by atoms with Crippen LogP contribution < -0.4 is 5.73 Å². The molecule has 0 fully saturated rings. The summed E-state index contributed by atoms with van der Waals surface area (Å²) in [5.74, 6) is -0.0964. The Balaban J connectivity index is 3.02. The van der Waals surface area contributed by atoms with Gasteiger partial charge in [-0.2, -0.15) is 0 Å². The molecule has 1 aromatic carbocycles. The van der Waals surface area contributed by atoms with Gasteiger partial charge < -0.3 is 10.6 Å². The minimum absolute atomic E-state index is 0.0964. The maximum Gasteiger partial charge on any atom is 0.255 e. The third-order valence-electron chi connectivity index (χ3n) is 3.11. The molecule has 0 unspecified atom stereocenters. The quantitative estimate of drug-likeness (QED) is 0.867. The highest BCUT2D eigenvalue weighted by Crippen LogP contribution is 2.24. The van der Waals surface area contributed by atoms with Crippen molar-refractivity contribution in [1.29, 1.82) is 0 Å². The number of nitrogens with zero attached hydrogens (tertiary/aromatic N) is 1. The lowest BCUT2D eigenvalue weighted by Gasteiger charge is -2.32. The topological polar surface area (TPSA) is 46.3 Å². The van der Waals surface area contributed by atoms with Crippen molar-refractivity contribution in [1.82, 2.24) is 4.90 Å². The molecule has 0 aliphatic rings. The molecule has 112 valence electrons. The number of benzene rings is 1. The van der Waals surface area contributed by atoms with E-state index in [1.54, 1.807) is 23.1 Å². The maximum absolute atomic E-state index is 12.6. The first-order valence-electron chi connectivity index (χ1n) is 6.75. The van der Waals surface area contributed by atoms with Crippen molar-refractivity contribution < 1.29 is 4.79 Å². The van der Waals surface area contributed by atoms with Gasteiger partial charge in [-0.1, -0.05) is 44.0 Å². The number of carbonyl (C=O) groups excluding carboxylic acids is 1. The van der Waals surface area contributed by atoms with Gasteiger partial charge in [0.25, 0.3) is 5.91 Å². The molecule has 0 saturated heterocycles. The van der Waals surface area contributed by atoms with Crippen LogP contribution in [0.25, 0.3) is 0 Å². The van der Waals surface area contributed by atoms with E-state index in [-0.39, 0.29) is 11.3 Å². The molecule has 1 rings (SSSR count). The fraction of sp³-hybridized carbons (Fsp3) is 0.533. The molecule has 3 nitrogen and oxygen atoms in total. The smallest absolute Gasteiger partial charge is 0.255 e. The van der Waals surface area contributed by atoms with Crippen molar-refractivity contribution in [2.45, 2.75) is 27.2 Å². The van der Waals surface area contributed by atoms with Crippen LogP contribution in [0.2, 0.25) is 10.0 Å². The Labute approximate surface area is 131 Å². The van der Waals surface area contributed by atoms with Crippen LogP contribution in [0.3, 0.4) is 0 Å². The molecule has 0 radical (unpaired) electrons. The van der Waals surface area contributed by atoms with E-state index in [1.165, 1.54) is 0 Å². The number of halogens is 2. The van der Waals surface area contributed by atoms with E-state index < -0.39 is 0 Å². The highest BCUT2D eigenvalue weighted by atomic mass is 35.5. The molecular formula is C15H22Cl2N2O. The van der Waals surface area contributed by atoms with Gasteiger partial charge in [-0.05, 0) is 36.6 Å². The van der Waals surface area contributed by atoms with Crippen molar-refractivity contribution in [3.05, 3.63) is 33.8 Å². The number of amides is 1. The minimum Gasteiger partial charge on any atom is -0.338 e. The van der Waals surface area contributed by atoms with Crippen molar-refractivity contribution in [2.75, 3.05) is 19.6 Å². The van der Waals surface area contributed by atoms with Gasteiger partial charge in [0.05, 0.1) is 10.6 Å². The molecule has 1 aromatic rings. The summed E-state index contributed by atoms with van der Waals surface area (Å²) in [7, 11) is 0. The highest BCUT2D eigenvalue weighted by Gasteiger charge is 2.25. The lowest BCUT2D eigenvalue weighted by atomic mass is 9.92. The minimum atomic E-state index is -0.129. The van der Waals surface area contributed by atoms with Gasteiger partial charge in [0.15, 0.2) is 0 Å². The van der Waals surface area contributed by atoms with Gasteiger partial charge >= 0.3 is 0 Å². The second-order valence-electron chi connectivity index (χ2n) is 5.72. The molecule has 1 amide bonds. The first kappa shape index (κ1) is 17.3. The Morgan fingerprint density at radius 2 is 2.00 bits per heavy atom. The zero-order valence-electron chi connectivity index (χ0n) is 12.2. The van der Waals surface area contributed by atoms with Crippen LogP contribution in [0.15, 0.2) is 18.2 Å². The summed E-state index contributed by atoms with van der Waals surface area (Å²) >= 11 is 12.1. The average molecular weight is 317 g/mol. The molecule has 0 aromatic heterocycles. The Morgan fingerprint density at radius 1 is 1.35 bits per heavy atom. The van der Waals surface area contributed by atoms with Gasteiger partial charge in [0.2, 0.25) is 0 Å². The summed E-state index contributed by atoms with van der Waals surface area (Å²) in [5.41, 5.74) is 6.07. The zero-order valence-corrected chi connectivity index (χ0v) is 13.8. The van der Waals surface area contributed by atoms with Crippen LogP contribution in [0.5, 0.6) is 0 Å². The van der Waals surface area contributed by atoms with Gasteiger partial charge in [0.1, 0.15) is 0 Å². The Hall–Kier alpha value is -0.770. The van der Waals surface area contributed by atoms with Gasteiger partial charge in [-0.3, -0.25) is 4.79 Å². The molecule has 5 heteroatoms. The summed E-state index contributed by atoms with van der Waals surface area (Å²) in [4.78, 5) is 14.4. The second kappa shape index (κ2) is 7.30. The number of hydrogen-bond acceptors (Lipinski definition) is 2. The van der Waals surface area contributed by atoms with E-state index in [0.29, 0.717) is 35.2 Å². The lowest BCUT2D eigenvalue weighted by Crippen LogP contribution is -2.42. The van der Waals surface area contributed by atoms with Crippen molar-refractivity contribution in [3.8, 4) is 0 Å². The standard InChI is InChI=1S/C15H22Cl2N2O/c1-4-7-19(10-15(2,3)9-18)14(20)12-8-11(16)5-6-13(12)17/h5-6,8H,4,7,9-10,18H2,1-3H3. The number of rotatable bonds is 6. The first-order valence-corrected chi connectivity index (χ1v) is 7.50. The molecule has 0 heterocycles. The molecule has 20 heavy (non-hydrogen) atoms. The van der Waals surface area contributed by atoms with E-state index in [9.17, 15) is 4.79 Å². The predicted molar refractivity (Wildman–Crippen MR) is 85.5 cm³/mol. The molecule has 0 bridgehead atoms. The molecule has 0 aliphatic heterocycles. The summed E-state index contributed by atoms with van der Waals surface area (Å²) < 4.78 is 0. The van der Waals surface area contributed by atoms with Crippen molar-refractivity contribution >= 4 is 29.1 Å². The van der Waals surface area contributed by atoms with E-state index in [4.69, 9.17) is 28.9 Å². The van der Waals surface area contributed by atoms with E-state index in [2.05, 4.69) is 0 Å². The Morgan fingerprint density at radius 3 is 2.55 bits per heavy atom. The summed E-state index contributed by atoms with van der Waals surface area (Å²) in [6, 6.07) is 4.94. The highest BCUT2D eigenvalue weighted by molar-refractivity contribution is 6.35. The van der Waals surface area contributed by atoms with Gasteiger partial charge in [-0.15, -0.1) is 0 Å². The molecule has 0 saturated carbocycles. The fourth-order valence-electron chi connectivity index (χ4n) is 1.94. The first-order chi connectivity index (χ1) is 9.30. The van der Waals surface area contributed by atoms with E-state index in [1.807, 2.05) is 20.8 Å². The van der Waals surface area contributed by atoms with Crippen molar-refractivity contribution in [3.63, 3.8) is 0 Å². The molecule has 0 atom stereocenters. The van der Waals surface area contributed by atoms with Crippen LogP contribution in [-0.2, 0) is 0 Å². The van der Waals surface area contributed by atoms with Crippen LogP contribution >= 0.6 is 23.2 Å². The monoisotopic (exact) mass is 316 g/mol. The summed E-state index contributed by atoms with van der Waals surface area (Å²) in [6.07, 6.45) is 0.880. The van der Waals surface area contributed by atoms with Gasteiger partial charge in [0, 0.05) is 18.1 Å². The van der Waals surface area contributed by atoms with E-state index in [0.717, 1.165) is 6.42 Å². The maximum atomic E-state index is 12.6. The molecule has 0 spiro atoms. The van der Waals surface area contributed by atoms with Gasteiger partial charge in [-0.25, -0.2) is 0 Å². The van der Waals surface area contributed by atoms with Crippen LogP contribution in [0, 0.1) is 5.41 Å². The second-order valence-corrected chi connectivity index (χ2v) is 6.56. The van der Waals surface area contributed by atoms with Crippen LogP contribution in [0.4, 0.5) is 0 Å². The Bertz CT molecular complexity index is 475. The predicted octanol–water partition coefficient (Wildman–Crippen LogP) is 3.83. The lowest BCUT2D eigenvalue weighted by molar-refractivity contribution is 0.0689. The zero-order chi connectivity index (χ0) is 15.3. The molecule has 2 N–H and O–H groups in total. The fourth-order valence-corrected chi connectivity index (χ4v) is 2.31. The van der Waals surface area contributed by atoms with Crippen LogP contribution in [0.1, 0.15) is 37.6 Å². The molecule has 0 aliphatic carbocycles. The molecular weight excluding hydrogens is 295 g/mol. The van der Waals surface area contributed by atoms with Crippen LogP contribution in [-0.4, -0.2) is 30.4 Å². The largest absolute Gasteiger partial charge is 0.338 e. The average Bonchev–Trinajstić information content (AvgIpc) is 2.40. The number of nitrogens with two attached hydrogens (primary N) is 1. The number of hydrogen-bond donors (Lipinski definition) is 1. The number of carbonyl (C=O) groups is 1. The normalized spacial score (nSPS) is 11.5. The summed E-state index contributed by atoms with van der Waals surface area (Å²) in [5, 5.41) is 0.929. The van der Waals surface area contributed by atoms with Crippen molar-refractivity contribution in [2.24, 2.45) is 11.1 Å². The third-order valence-corrected chi connectivity index (χ3v) is 3.68. The Kier molecular flexibility index (Phi) is 6.31. The summed E-state index contributed by atoms with van der Waals surface area (Å²) in [6.45, 7) is 7.91. The van der Waals surface area contributed by atoms with E-state index >= 15 is 0 Å². The third kappa shape index (κ3) is 4.65.